The molecule has 0 N–H and O–H groups in total. The molecule has 5 nitrogen and oxygen atoms in total. The number of aromatic nitrogens is 1. The van der Waals surface area contributed by atoms with E-state index in [4.69, 9.17) is 18.7 Å². The maximum absolute atomic E-state index is 5.60. The van der Waals surface area contributed by atoms with Crippen LogP contribution in [-0.4, -0.2) is 26.5 Å². The van der Waals surface area contributed by atoms with E-state index in [-0.39, 0.29) is 0 Å². The number of hydrogen-bond donors (Lipinski definition) is 0. The van der Waals surface area contributed by atoms with Gasteiger partial charge in [-0.1, -0.05) is 42.8 Å². The molecule has 1 aromatic heterocycles. The summed E-state index contributed by atoms with van der Waals surface area (Å²) in [6.45, 7) is 2.20. The minimum absolute atomic E-state index is 0.574. The fourth-order valence-corrected chi connectivity index (χ4v) is 3.00. The summed E-state index contributed by atoms with van der Waals surface area (Å²) in [4.78, 5) is 0. The maximum Gasteiger partial charge on any atom is 0.172 e. The minimum Gasteiger partial charge on any atom is -0.497 e. The zero-order valence-corrected chi connectivity index (χ0v) is 16.2. The van der Waals surface area contributed by atoms with Gasteiger partial charge in [0.2, 0.25) is 0 Å². The zero-order chi connectivity index (χ0) is 19.2. The van der Waals surface area contributed by atoms with Gasteiger partial charge in [0.05, 0.1) is 26.9 Å². The lowest BCUT2D eigenvalue weighted by molar-refractivity contribution is 0.348. The van der Waals surface area contributed by atoms with Crippen molar-refractivity contribution in [3.05, 3.63) is 48.0 Å². The van der Waals surface area contributed by atoms with Crippen molar-refractivity contribution in [2.45, 2.75) is 26.2 Å². The van der Waals surface area contributed by atoms with Crippen LogP contribution in [0.15, 0.2) is 47.0 Å². The number of aryl methyl sites for hydroxylation is 1. The van der Waals surface area contributed by atoms with Crippen LogP contribution < -0.4 is 14.2 Å². The SMILES string of the molecule is CCCCc1ccc(-c2cc(-c3cc(OC)cc(OC)c3OC)on2)cc1. The van der Waals surface area contributed by atoms with E-state index in [2.05, 4.69) is 36.3 Å². The Morgan fingerprint density at radius 2 is 1.70 bits per heavy atom. The van der Waals surface area contributed by atoms with Crippen molar-refractivity contribution in [2.75, 3.05) is 21.3 Å². The van der Waals surface area contributed by atoms with E-state index in [1.807, 2.05) is 12.1 Å². The summed E-state index contributed by atoms with van der Waals surface area (Å²) in [6, 6.07) is 14.0. The molecule has 0 radical (unpaired) electrons. The molecule has 0 aliphatic carbocycles. The van der Waals surface area contributed by atoms with E-state index < -0.39 is 0 Å². The predicted molar refractivity (Wildman–Crippen MR) is 106 cm³/mol. The Hall–Kier alpha value is -2.95. The molecular weight excluding hydrogens is 342 g/mol. The summed E-state index contributed by atoms with van der Waals surface area (Å²) < 4.78 is 21.9. The second-order valence-electron chi connectivity index (χ2n) is 6.29. The van der Waals surface area contributed by atoms with Gasteiger partial charge in [-0.15, -0.1) is 0 Å². The Balaban J connectivity index is 1.94. The van der Waals surface area contributed by atoms with E-state index in [1.54, 1.807) is 27.4 Å². The predicted octanol–water partition coefficient (Wildman–Crippen LogP) is 5.38. The summed E-state index contributed by atoms with van der Waals surface area (Å²) in [5.74, 6) is 2.40. The fourth-order valence-electron chi connectivity index (χ4n) is 3.00. The number of nitrogens with zero attached hydrogens (tertiary/aromatic N) is 1. The van der Waals surface area contributed by atoms with Crippen LogP contribution in [0.5, 0.6) is 17.2 Å². The normalized spacial score (nSPS) is 10.7. The molecule has 0 saturated heterocycles. The highest BCUT2D eigenvalue weighted by Crippen LogP contribution is 2.42. The highest BCUT2D eigenvalue weighted by atomic mass is 16.5. The van der Waals surface area contributed by atoms with Crippen LogP contribution in [-0.2, 0) is 6.42 Å². The molecule has 0 aliphatic heterocycles. The monoisotopic (exact) mass is 367 g/mol. The van der Waals surface area contributed by atoms with E-state index in [9.17, 15) is 0 Å². The van der Waals surface area contributed by atoms with Gasteiger partial charge in [-0.3, -0.25) is 0 Å². The first-order valence-corrected chi connectivity index (χ1v) is 9.06. The third kappa shape index (κ3) is 4.08. The molecule has 0 unspecified atom stereocenters. The third-order valence-electron chi connectivity index (χ3n) is 4.53. The number of ether oxygens (including phenoxy) is 3. The summed E-state index contributed by atoms with van der Waals surface area (Å²) >= 11 is 0. The van der Waals surface area contributed by atoms with E-state index in [1.165, 1.54) is 18.4 Å². The molecule has 0 amide bonds. The van der Waals surface area contributed by atoms with Crippen LogP contribution >= 0.6 is 0 Å². The molecule has 1 heterocycles. The van der Waals surface area contributed by atoms with Gasteiger partial charge in [0.1, 0.15) is 11.4 Å². The highest BCUT2D eigenvalue weighted by Gasteiger charge is 2.19. The molecule has 0 bridgehead atoms. The molecule has 0 spiro atoms. The third-order valence-corrected chi connectivity index (χ3v) is 4.53. The van der Waals surface area contributed by atoms with Gasteiger partial charge in [-0.05, 0) is 24.5 Å². The van der Waals surface area contributed by atoms with Gasteiger partial charge in [-0.2, -0.15) is 0 Å². The Labute approximate surface area is 159 Å². The molecule has 3 rings (SSSR count). The van der Waals surface area contributed by atoms with Crippen molar-refractivity contribution in [3.63, 3.8) is 0 Å². The van der Waals surface area contributed by atoms with Gasteiger partial charge in [0.15, 0.2) is 17.3 Å². The standard InChI is InChI=1S/C22H25NO4/c1-5-6-7-15-8-10-16(11-9-15)19-14-20(27-23-19)18-12-17(24-2)13-21(25-3)22(18)26-4/h8-14H,5-7H2,1-4H3. The first-order valence-electron chi connectivity index (χ1n) is 9.06. The van der Waals surface area contributed by atoms with E-state index >= 15 is 0 Å². The second kappa shape index (κ2) is 8.62. The Bertz CT molecular complexity index is 884. The van der Waals surface area contributed by atoms with Crippen molar-refractivity contribution >= 4 is 0 Å². The summed E-state index contributed by atoms with van der Waals surface area (Å²) in [5.41, 5.74) is 3.85. The number of benzene rings is 2. The Kier molecular flexibility index (Phi) is 6.01. The number of rotatable bonds is 8. The van der Waals surface area contributed by atoms with Crippen LogP contribution in [0.25, 0.3) is 22.6 Å². The number of unbranched alkanes of at least 4 members (excludes halogenated alkanes) is 1. The van der Waals surface area contributed by atoms with Crippen molar-refractivity contribution in [2.24, 2.45) is 0 Å². The number of methoxy groups -OCH3 is 3. The second-order valence-corrected chi connectivity index (χ2v) is 6.29. The quantitative estimate of drug-likeness (QED) is 0.535. The van der Waals surface area contributed by atoms with Crippen molar-refractivity contribution in [1.29, 1.82) is 0 Å². The number of hydrogen-bond acceptors (Lipinski definition) is 5. The van der Waals surface area contributed by atoms with Gasteiger partial charge < -0.3 is 18.7 Å². The molecule has 2 aromatic carbocycles. The van der Waals surface area contributed by atoms with Crippen molar-refractivity contribution in [3.8, 4) is 39.8 Å². The molecule has 0 atom stereocenters. The van der Waals surface area contributed by atoms with E-state index in [0.29, 0.717) is 23.0 Å². The summed E-state index contributed by atoms with van der Waals surface area (Å²) in [5, 5.41) is 4.23. The van der Waals surface area contributed by atoms with Gasteiger partial charge in [0.25, 0.3) is 0 Å². The summed E-state index contributed by atoms with van der Waals surface area (Å²) in [7, 11) is 4.80. The molecule has 0 fully saturated rings. The van der Waals surface area contributed by atoms with Gasteiger partial charge in [0, 0.05) is 17.7 Å². The molecule has 3 aromatic rings. The first-order chi connectivity index (χ1) is 13.2. The zero-order valence-electron chi connectivity index (χ0n) is 16.2. The molecule has 142 valence electrons. The Morgan fingerprint density at radius 1 is 0.926 bits per heavy atom. The van der Waals surface area contributed by atoms with Crippen molar-refractivity contribution in [1.82, 2.24) is 5.16 Å². The smallest absolute Gasteiger partial charge is 0.172 e. The first kappa shape index (κ1) is 18.8. The Morgan fingerprint density at radius 3 is 2.33 bits per heavy atom. The lowest BCUT2D eigenvalue weighted by atomic mass is 10.0. The molecule has 5 heteroatoms. The lowest BCUT2D eigenvalue weighted by Gasteiger charge is -2.12. The van der Waals surface area contributed by atoms with Crippen LogP contribution in [0.4, 0.5) is 0 Å². The summed E-state index contributed by atoms with van der Waals surface area (Å²) in [6.07, 6.45) is 3.49. The fraction of sp³-hybridized carbons (Fsp3) is 0.318. The van der Waals surface area contributed by atoms with Crippen molar-refractivity contribution < 1.29 is 18.7 Å². The molecule has 0 aliphatic rings. The largest absolute Gasteiger partial charge is 0.497 e. The minimum atomic E-state index is 0.574. The van der Waals surface area contributed by atoms with Crippen LogP contribution in [0.1, 0.15) is 25.3 Å². The van der Waals surface area contributed by atoms with Crippen LogP contribution in [0.2, 0.25) is 0 Å². The van der Waals surface area contributed by atoms with Crippen LogP contribution in [0.3, 0.4) is 0 Å². The van der Waals surface area contributed by atoms with E-state index in [0.717, 1.165) is 23.2 Å². The topological polar surface area (TPSA) is 53.7 Å². The van der Waals surface area contributed by atoms with Crippen LogP contribution in [0, 0.1) is 0 Å². The van der Waals surface area contributed by atoms with Gasteiger partial charge in [-0.25, -0.2) is 0 Å². The average Bonchev–Trinajstić information content (AvgIpc) is 3.21. The average molecular weight is 367 g/mol. The highest BCUT2D eigenvalue weighted by molar-refractivity contribution is 5.75. The molecule has 27 heavy (non-hydrogen) atoms. The van der Waals surface area contributed by atoms with Gasteiger partial charge >= 0.3 is 0 Å². The molecule has 0 saturated carbocycles. The maximum atomic E-state index is 5.60. The molecular formula is C22H25NO4. The lowest BCUT2D eigenvalue weighted by Crippen LogP contribution is -1.95.